The van der Waals surface area contributed by atoms with Gasteiger partial charge in [0.05, 0.1) is 31.8 Å². The van der Waals surface area contributed by atoms with Crippen LogP contribution in [0.1, 0.15) is 18.9 Å². The third-order valence-corrected chi connectivity index (χ3v) is 5.89. The molecule has 0 radical (unpaired) electrons. The van der Waals surface area contributed by atoms with Gasteiger partial charge < -0.3 is 14.2 Å². The molecule has 4 rings (SSSR count). The number of hydrazone groups is 1. The molecule has 1 aromatic carbocycles. The standard InChI is InChI=1S/C21H21ClN2O6/c1-3-29-16(25)10-30-19-13(7-14(22)8-15(19)28-2)9-23-24-20(26)17-11-4-5-12(6-11)18(17)21(24)27/h4-5,7-9,11-12,17-18H,3,6,10H2,1-2H3/t11-,12-,17-,18+/m0/s1. The van der Waals surface area contributed by atoms with E-state index in [-0.39, 0.29) is 60.2 Å². The molecule has 2 amide bonds. The van der Waals surface area contributed by atoms with Gasteiger partial charge in [-0.2, -0.15) is 10.1 Å². The molecule has 30 heavy (non-hydrogen) atoms. The van der Waals surface area contributed by atoms with Crippen LogP contribution in [0.3, 0.4) is 0 Å². The first-order valence-electron chi connectivity index (χ1n) is 9.70. The number of benzene rings is 1. The van der Waals surface area contributed by atoms with E-state index in [1.807, 2.05) is 12.2 Å². The van der Waals surface area contributed by atoms with Gasteiger partial charge in [-0.15, -0.1) is 0 Å². The molecule has 1 aliphatic heterocycles. The summed E-state index contributed by atoms with van der Waals surface area (Å²) in [5.41, 5.74) is 0.363. The molecule has 158 valence electrons. The van der Waals surface area contributed by atoms with E-state index < -0.39 is 5.97 Å². The number of amides is 2. The fraction of sp³-hybridized carbons (Fsp3) is 0.429. The van der Waals surface area contributed by atoms with Crippen LogP contribution in [-0.4, -0.2) is 49.3 Å². The van der Waals surface area contributed by atoms with Crippen LogP contribution in [0, 0.1) is 23.7 Å². The second kappa shape index (κ2) is 8.10. The molecular formula is C21H21ClN2O6. The molecular weight excluding hydrogens is 412 g/mol. The van der Waals surface area contributed by atoms with Crippen molar-refractivity contribution in [2.75, 3.05) is 20.3 Å². The molecule has 1 aromatic rings. The molecule has 0 spiro atoms. The minimum Gasteiger partial charge on any atom is -0.493 e. The van der Waals surface area contributed by atoms with Gasteiger partial charge in [-0.3, -0.25) is 9.59 Å². The molecule has 1 saturated carbocycles. The second-order valence-electron chi connectivity index (χ2n) is 7.35. The number of carbonyl (C=O) groups excluding carboxylic acids is 3. The quantitative estimate of drug-likeness (QED) is 0.284. The van der Waals surface area contributed by atoms with Gasteiger partial charge in [0.1, 0.15) is 0 Å². The van der Waals surface area contributed by atoms with E-state index >= 15 is 0 Å². The normalized spacial score (nSPS) is 26.6. The van der Waals surface area contributed by atoms with E-state index in [9.17, 15) is 14.4 Å². The van der Waals surface area contributed by atoms with Crippen LogP contribution in [0.5, 0.6) is 11.5 Å². The van der Waals surface area contributed by atoms with Crippen molar-refractivity contribution in [2.24, 2.45) is 28.8 Å². The maximum absolute atomic E-state index is 12.8. The number of esters is 1. The van der Waals surface area contributed by atoms with Crippen LogP contribution in [0.25, 0.3) is 0 Å². The van der Waals surface area contributed by atoms with Crippen molar-refractivity contribution in [3.63, 3.8) is 0 Å². The molecule has 9 heteroatoms. The fourth-order valence-corrected chi connectivity index (χ4v) is 4.66. The topological polar surface area (TPSA) is 94.5 Å². The Bertz CT molecular complexity index is 929. The molecule has 2 bridgehead atoms. The summed E-state index contributed by atoms with van der Waals surface area (Å²) in [5, 5.41) is 5.42. The summed E-state index contributed by atoms with van der Waals surface area (Å²) in [4.78, 5) is 37.2. The highest BCUT2D eigenvalue weighted by Gasteiger charge is 2.59. The maximum Gasteiger partial charge on any atom is 0.344 e. The smallest absolute Gasteiger partial charge is 0.344 e. The SMILES string of the molecule is CCOC(=O)COc1c(C=NN2C(=O)[C@@H]3[C@H](C2=O)[C@H]2C=C[C@H]3C2)cc(Cl)cc1OC. The van der Waals surface area contributed by atoms with Crippen molar-refractivity contribution < 1.29 is 28.6 Å². The zero-order chi connectivity index (χ0) is 21.4. The van der Waals surface area contributed by atoms with E-state index in [1.54, 1.807) is 13.0 Å². The van der Waals surface area contributed by atoms with Crippen LogP contribution in [-0.2, 0) is 19.1 Å². The highest BCUT2D eigenvalue weighted by atomic mass is 35.5. The first-order valence-corrected chi connectivity index (χ1v) is 10.1. The highest BCUT2D eigenvalue weighted by molar-refractivity contribution is 6.31. The molecule has 1 heterocycles. The Morgan fingerprint density at radius 2 is 1.90 bits per heavy atom. The average Bonchev–Trinajstić information content (AvgIpc) is 3.40. The van der Waals surface area contributed by atoms with Gasteiger partial charge in [0.2, 0.25) is 0 Å². The molecule has 0 aromatic heterocycles. The number of imide groups is 1. The molecule has 4 atom stereocenters. The number of halogens is 1. The Morgan fingerprint density at radius 3 is 2.50 bits per heavy atom. The predicted molar refractivity (Wildman–Crippen MR) is 107 cm³/mol. The van der Waals surface area contributed by atoms with E-state index in [0.717, 1.165) is 11.4 Å². The van der Waals surface area contributed by atoms with Crippen molar-refractivity contribution in [1.29, 1.82) is 0 Å². The summed E-state index contributed by atoms with van der Waals surface area (Å²) in [5.74, 6) is -1.10. The number of fused-ring (bicyclic) bond motifs is 5. The van der Waals surface area contributed by atoms with Gasteiger partial charge in [0, 0.05) is 16.7 Å². The number of hydrogen-bond donors (Lipinski definition) is 0. The lowest BCUT2D eigenvalue weighted by molar-refractivity contribution is -0.145. The van der Waals surface area contributed by atoms with Crippen LogP contribution in [0.2, 0.25) is 5.02 Å². The van der Waals surface area contributed by atoms with Crippen LogP contribution in [0.4, 0.5) is 0 Å². The first kappa shape index (κ1) is 20.4. The number of carbonyl (C=O) groups is 3. The van der Waals surface area contributed by atoms with Crippen LogP contribution >= 0.6 is 11.6 Å². The Balaban J connectivity index is 1.58. The third kappa shape index (κ3) is 3.45. The summed E-state index contributed by atoms with van der Waals surface area (Å²) in [7, 11) is 1.43. The van der Waals surface area contributed by atoms with Gasteiger partial charge >= 0.3 is 5.97 Å². The molecule has 8 nitrogen and oxygen atoms in total. The number of nitrogens with zero attached hydrogens (tertiary/aromatic N) is 2. The molecule has 3 aliphatic rings. The summed E-state index contributed by atoms with van der Waals surface area (Å²) in [6.07, 6.45) is 6.21. The minimum absolute atomic E-state index is 0.103. The van der Waals surface area contributed by atoms with Gasteiger partial charge in [-0.1, -0.05) is 23.8 Å². The van der Waals surface area contributed by atoms with Crippen molar-refractivity contribution in [1.82, 2.24) is 5.01 Å². The lowest BCUT2D eigenvalue weighted by Crippen LogP contribution is -2.28. The van der Waals surface area contributed by atoms with Crippen molar-refractivity contribution >= 4 is 35.6 Å². The zero-order valence-corrected chi connectivity index (χ0v) is 17.3. The third-order valence-electron chi connectivity index (χ3n) is 5.67. The van der Waals surface area contributed by atoms with Crippen LogP contribution in [0.15, 0.2) is 29.4 Å². The maximum atomic E-state index is 12.8. The van der Waals surface area contributed by atoms with Crippen molar-refractivity contribution in [3.05, 3.63) is 34.9 Å². The van der Waals surface area contributed by atoms with E-state index in [0.29, 0.717) is 10.6 Å². The number of hydrogen-bond acceptors (Lipinski definition) is 7. The van der Waals surface area contributed by atoms with Crippen LogP contribution < -0.4 is 9.47 Å². The Kier molecular flexibility index (Phi) is 5.51. The summed E-state index contributed by atoms with van der Waals surface area (Å²) < 4.78 is 15.7. The number of rotatable bonds is 7. The molecule has 2 fully saturated rings. The Hall–Kier alpha value is -2.87. The Labute approximate surface area is 178 Å². The summed E-state index contributed by atoms with van der Waals surface area (Å²) >= 11 is 6.15. The fourth-order valence-electron chi connectivity index (χ4n) is 4.44. The average molecular weight is 433 g/mol. The van der Waals surface area contributed by atoms with E-state index in [4.69, 9.17) is 25.8 Å². The number of methoxy groups -OCH3 is 1. The highest BCUT2D eigenvalue weighted by Crippen LogP contribution is 2.52. The van der Waals surface area contributed by atoms with Crippen molar-refractivity contribution in [3.8, 4) is 11.5 Å². The molecule has 2 aliphatic carbocycles. The molecule has 0 unspecified atom stereocenters. The first-order chi connectivity index (χ1) is 14.4. The zero-order valence-electron chi connectivity index (χ0n) is 16.5. The summed E-state index contributed by atoms with van der Waals surface area (Å²) in [6.45, 7) is 1.58. The lowest BCUT2D eigenvalue weighted by atomic mass is 9.85. The van der Waals surface area contributed by atoms with E-state index in [2.05, 4.69) is 5.10 Å². The Morgan fingerprint density at radius 1 is 1.23 bits per heavy atom. The van der Waals surface area contributed by atoms with Gasteiger partial charge in [0.25, 0.3) is 11.8 Å². The van der Waals surface area contributed by atoms with Crippen molar-refractivity contribution in [2.45, 2.75) is 13.3 Å². The largest absolute Gasteiger partial charge is 0.493 e. The van der Waals surface area contributed by atoms with Gasteiger partial charge in [-0.05, 0) is 31.2 Å². The van der Waals surface area contributed by atoms with E-state index in [1.165, 1.54) is 19.4 Å². The monoisotopic (exact) mass is 432 g/mol. The number of allylic oxidation sites excluding steroid dienone is 2. The predicted octanol–water partition coefficient (Wildman–Crippen LogP) is 2.43. The molecule has 1 saturated heterocycles. The van der Waals surface area contributed by atoms with Gasteiger partial charge in [-0.25, -0.2) is 4.79 Å². The van der Waals surface area contributed by atoms with Gasteiger partial charge in [0.15, 0.2) is 18.1 Å². The second-order valence-corrected chi connectivity index (χ2v) is 7.79. The summed E-state index contributed by atoms with van der Waals surface area (Å²) in [6, 6.07) is 3.07. The number of ether oxygens (including phenoxy) is 3. The lowest BCUT2D eigenvalue weighted by Gasteiger charge is -2.14. The minimum atomic E-state index is -0.543. The molecule has 0 N–H and O–H groups in total.